The number of aromatic nitrogens is 2. The number of hydrogen-bond acceptors (Lipinski definition) is 6. The summed E-state index contributed by atoms with van der Waals surface area (Å²) >= 11 is 0. The molecule has 1 saturated heterocycles. The van der Waals surface area contributed by atoms with Gasteiger partial charge in [-0.15, -0.1) is 0 Å². The first-order chi connectivity index (χ1) is 11.6. The average molecular weight is 330 g/mol. The third-order valence-electron chi connectivity index (χ3n) is 3.84. The minimum atomic E-state index is -1.04. The third kappa shape index (κ3) is 3.77. The molecule has 1 aliphatic rings. The molecule has 3 heterocycles. The Morgan fingerprint density at radius 3 is 2.92 bits per heavy atom. The van der Waals surface area contributed by atoms with Crippen LogP contribution in [-0.4, -0.2) is 41.2 Å². The molecule has 0 aliphatic carbocycles. The van der Waals surface area contributed by atoms with Gasteiger partial charge < -0.3 is 21.7 Å². The monoisotopic (exact) mass is 330 g/mol. The molecule has 2 atom stereocenters. The van der Waals surface area contributed by atoms with Gasteiger partial charge in [-0.25, -0.2) is 14.4 Å². The Kier molecular flexibility index (Phi) is 4.85. The Morgan fingerprint density at radius 2 is 2.21 bits per heavy atom. The Morgan fingerprint density at radius 1 is 1.33 bits per heavy atom. The van der Waals surface area contributed by atoms with E-state index >= 15 is 0 Å². The zero-order chi connectivity index (χ0) is 16.9. The van der Waals surface area contributed by atoms with Crippen molar-refractivity contribution in [2.45, 2.75) is 18.6 Å². The van der Waals surface area contributed by atoms with Crippen molar-refractivity contribution in [1.82, 2.24) is 15.3 Å². The van der Waals surface area contributed by atoms with Gasteiger partial charge in [-0.2, -0.15) is 0 Å². The quantitative estimate of drug-likeness (QED) is 0.661. The SMILES string of the molecule is NC(=O)c1cnc(Nc2ccccn2)cc1N[C@H]1CCNC[C@H]1F. The van der Waals surface area contributed by atoms with Crippen molar-refractivity contribution < 1.29 is 9.18 Å². The lowest BCUT2D eigenvalue weighted by Gasteiger charge is -2.29. The molecule has 0 aromatic carbocycles. The summed E-state index contributed by atoms with van der Waals surface area (Å²) < 4.78 is 14.0. The van der Waals surface area contributed by atoms with Crippen molar-refractivity contribution in [2.24, 2.45) is 5.73 Å². The number of carbonyl (C=O) groups excluding carboxylic acids is 1. The fraction of sp³-hybridized carbons (Fsp3) is 0.312. The van der Waals surface area contributed by atoms with Crippen LogP contribution in [0, 0.1) is 0 Å². The smallest absolute Gasteiger partial charge is 0.252 e. The third-order valence-corrected chi connectivity index (χ3v) is 3.84. The number of nitrogens with two attached hydrogens (primary N) is 1. The summed E-state index contributed by atoms with van der Waals surface area (Å²) in [6.07, 6.45) is 2.61. The number of carbonyl (C=O) groups is 1. The van der Waals surface area contributed by atoms with Gasteiger partial charge in [-0.3, -0.25) is 4.79 Å². The lowest BCUT2D eigenvalue weighted by Crippen LogP contribution is -2.45. The fourth-order valence-corrected chi connectivity index (χ4v) is 2.59. The highest BCUT2D eigenvalue weighted by Crippen LogP contribution is 2.23. The number of nitrogens with one attached hydrogen (secondary N) is 3. The molecule has 0 spiro atoms. The van der Waals surface area contributed by atoms with Crippen LogP contribution in [0.15, 0.2) is 36.7 Å². The number of anilines is 3. The highest BCUT2D eigenvalue weighted by Gasteiger charge is 2.25. The van der Waals surface area contributed by atoms with Crippen LogP contribution in [-0.2, 0) is 0 Å². The van der Waals surface area contributed by atoms with Crippen molar-refractivity contribution in [3.05, 3.63) is 42.2 Å². The lowest BCUT2D eigenvalue weighted by molar-refractivity contribution is 0.100. The minimum Gasteiger partial charge on any atom is -0.378 e. The maximum Gasteiger partial charge on any atom is 0.252 e. The number of piperidine rings is 1. The molecule has 3 rings (SSSR count). The second-order valence-electron chi connectivity index (χ2n) is 5.58. The highest BCUT2D eigenvalue weighted by atomic mass is 19.1. The predicted octanol–water partition coefficient (Wildman–Crippen LogP) is 1.43. The first-order valence-electron chi connectivity index (χ1n) is 7.72. The number of amides is 1. The predicted molar refractivity (Wildman–Crippen MR) is 90.1 cm³/mol. The number of pyridine rings is 2. The van der Waals surface area contributed by atoms with Gasteiger partial charge in [0, 0.05) is 25.0 Å². The molecule has 2 aromatic heterocycles. The number of nitrogens with zero attached hydrogens (tertiary/aromatic N) is 2. The number of rotatable bonds is 5. The molecule has 126 valence electrons. The molecule has 1 amide bonds. The van der Waals surface area contributed by atoms with Crippen LogP contribution in [0.2, 0.25) is 0 Å². The summed E-state index contributed by atoms with van der Waals surface area (Å²) in [6, 6.07) is 6.70. The summed E-state index contributed by atoms with van der Waals surface area (Å²) in [5, 5.41) is 9.12. The molecule has 0 bridgehead atoms. The topological polar surface area (TPSA) is 105 Å². The molecule has 24 heavy (non-hydrogen) atoms. The van der Waals surface area contributed by atoms with Gasteiger partial charge >= 0.3 is 0 Å². The summed E-state index contributed by atoms with van der Waals surface area (Å²) in [7, 11) is 0. The van der Waals surface area contributed by atoms with Gasteiger partial charge in [0.15, 0.2) is 0 Å². The van der Waals surface area contributed by atoms with E-state index < -0.39 is 12.1 Å². The molecule has 1 aliphatic heterocycles. The van der Waals surface area contributed by atoms with Gasteiger partial charge in [-0.1, -0.05) is 6.07 Å². The van der Waals surface area contributed by atoms with Crippen LogP contribution in [0.3, 0.4) is 0 Å². The summed E-state index contributed by atoms with van der Waals surface area (Å²) in [4.78, 5) is 19.9. The Bertz CT molecular complexity index is 711. The van der Waals surface area contributed by atoms with E-state index in [9.17, 15) is 9.18 Å². The molecule has 5 N–H and O–H groups in total. The molecule has 1 fully saturated rings. The van der Waals surface area contributed by atoms with Gasteiger partial charge in [-0.05, 0) is 25.1 Å². The molecule has 2 aromatic rings. The minimum absolute atomic E-state index is 0.229. The molecular weight excluding hydrogens is 311 g/mol. The van der Waals surface area contributed by atoms with E-state index in [-0.39, 0.29) is 18.2 Å². The zero-order valence-electron chi connectivity index (χ0n) is 13.0. The zero-order valence-corrected chi connectivity index (χ0v) is 13.0. The van der Waals surface area contributed by atoms with Gasteiger partial charge in [0.25, 0.3) is 5.91 Å². The van der Waals surface area contributed by atoms with Crippen molar-refractivity contribution >= 4 is 23.2 Å². The maximum absolute atomic E-state index is 14.0. The van der Waals surface area contributed by atoms with E-state index in [1.807, 2.05) is 6.07 Å². The highest BCUT2D eigenvalue weighted by molar-refractivity contribution is 5.98. The van der Waals surface area contributed by atoms with Gasteiger partial charge in [0.1, 0.15) is 17.8 Å². The van der Waals surface area contributed by atoms with Crippen molar-refractivity contribution in [3.63, 3.8) is 0 Å². The second kappa shape index (κ2) is 7.22. The van der Waals surface area contributed by atoms with Crippen molar-refractivity contribution in [2.75, 3.05) is 23.7 Å². The van der Waals surface area contributed by atoms with E-state index in [0.29, 0.717) is 30.3 Å². The second-order valence-corrected chi connectivity index (χ2v) is 5.58. The number of halogens is 1. The Labute approximate surface area is 138 Å². The van der Waals surface area contributed by atoms with Crippen LogP contribution in [0.1, 0.15) is 16.8 Å². The Hall–Kier alpha value is -2.74. The first-order valence-corrected chi connectivity index (χ1v) is 7.72. The van der Waals surface area contributed by atoms with Crippen LogP contribution in [0.4, 0.5) is 21.7 Å². The van der Waals surface area contributed by atoms with Gasteiger partial charge in [0.05, 0.1) is 17.3 Å². The molecular formula is C16H19FN6O. The van der Waals surface area contributed by atoms with E-state index in [1.165, 1.54) is 6.20 Å². The van der Waals surface area contributed by atoms with Crippen LogP contribution in [0.5, 0.6) is 0 Å². The average Bonchev–Trinajstić information content (AvgIpc) is 2.58. The van der Waals surface area contributed by atoms with E-state index in [0.717, 1.165) is 0 Å². The molecule has 7 nitrogen and oxygen atoms in total. The standard InChI is InChI=1S/C16H19FN6O/c17-11-9-19-6-4-12(11)22-13-7-15(21-8-10(13)16(18)24)23-14-3-1-2-5-20-14/h1-3,5,7-8,11-12,19H,4,6,9H2,(H2,18,24)(H2,20,21,22,23)/t11-,12+/m1/s1. The van der Waals surface area contributed by atoms with Crippen molar-refractivity contribution in [3.8, 4) is 0 Å². The van der Waals surface area contributed by atoms with Gasteiger partial charge in [0.2, 0.25) is 0 Å². The normalized spacial score (nSPS) is 20.4. The molecule has 0 radical (unpaired) electrons. The van der Waals surface area contributed by atoms with E-state index in [2.05, 4.69) is 25.9 Å². The first kappa shape index (κ1) is 16.1. The molecule has 8 heteroatoms. The summed E-state index contributed by atoms with van der Waals surface area (Å²) in [5.41, 5.74) is 6.09. The van der Waals surface area contributed by atoms with Crippen LogP contribution in [0.25, 0.3) is 0 Å². The number of hydrogen-bond donors (Lipinski definition) is 4. The maximum atomic E-state index is 14.0. The van der Waals surface area contributed by atoms with Crippen LogP contribution < -0.4 is 21.7 Å². The number of primary amides is 1. The van der Waals surface area contributed by atoms with E-state index in [4.69, 9.17) is 5.73 Å². The fourth-order valence-electron chi connectivity index (χ4n) is 2.59. The lowest BCUT2D eigenvalue weighted by atomic mass is 10.0. The van der Waals surface area contributed by atoms with Crippen molar-refractivity contribution in [1.29, 1.82) is 0 Å². The van der Waals surface area contributed by atoms with Crippen LogP contribution >= 0.6 is 0 Å². The molecule has 0 saturated carbocycles. The van der Waals surface area contributed by atoms with E-state index in [1.54, 1.807) is 24.4 Å². The Balaban J connectivity index is 1.84. The summed E-state index contributed by atoms with van der Waals surface area (Å²) in [6.45, 7) is 1.00. The molecule has 0 unspecified atom stereocenters. The largest absolute Gasteiger partial charge is 0.378 e. The number of alkyl halides is 1. The summed E-state index contributed by atoms with van der Waals surface area (Å²) in [5.74, 6) is 0.497.